The predicted molar refractivity (Wildman–Crippen MR) is 247 cm³/mol. The molecule has 7 heteroatoms. The van der Waals surface area contributed by atoms with Gasteiger partial charge in [-0.3, -0.25) is 0 Å². The highest BCUT2D eigenvalue weighted by molar-refractivity contribution is 5.85. The zero-order valence-corrected chi connectivity index (χ0v) is 33.3. The van der Waals surface area contributed by atoms with Gasteiger partial charge in [0.05, 0.1) is 11.6 Å². The average Bonchev–Trinajstić information content (AvgIpc) is 3.37. The van der Waals surface area contributed by atoms with Crippen molar-refractivity contribution in [3.8, 4) is 108 Å². The van der Waals surface area contributed by atoms with E-state index in [1.807, 2.05) is 158 Å². The Morgan fingerprint density at radius 2 is 0.548 bits per heavy atom. The van der Waals surface area contributed by atoms with Crippen LogP contribution in [0.25, 0.3) is 102 Å². The van der Waals surface area contributed by atoms with Crippen molar-refractivity contribution in [2.24, 2.45) is 0 Å². The van der Waals surface area contributed by atoms with Crippen molar-refractivity contribution in [1.82, 2.24) is 29.9 Å². The molecule has 0 radical (unpaired) electrons. The van der Waals surface area contributed by atoms with Gasteiger partial charge in [0.2, 0.25) is 0 Å². The van der Waals surface area contributed by atoms with E-state index in [0.717, 1.165) is 66.8 Å². The summed E-state index contributed by atoms with van der Waals surface area (Å²) in [7, 11) is 0. The SMILES string of the molecule is N#Cc1cccc(-c2cccc(-c3nc(-c4ccccc4)nc(-c4ccccc4-c4cccc(-c5cccc(-c6nc(-c7ccccc7)nc(-c7ccccc7)n6)c5)c4)n3)c2)c1. The van der Waals surface area contributed by atoms with E-state index in [2.05, 4.69) is 60.7 Å². The van der Waals surface area contributed by atoms with Gasteiger partial charge in [0.15, 0.2) is 34.9 Å². The van der Waals surface area contributed by atoms with Crippen LogP contribution in [0.2, 0.25) is 0 Å². The van der Waals surface area contributed by atoms with Crippen LogP contribution >= 0.6 is 0 Å². The average molecular weight is 794 g/mol. The molecule has 0 spiro atoms. The topological polar surface area (TPSA) is 101 Å². The summed E-state index contributed by atoms with van der Waals surface area (Å²) in [5.74, 6) is 3.53. The third-order valence-corrected chi connectivity index (χ3v) is 10.6. The molecule has 8 aromatic carbocycles. The van der Waals surface area contributed by atoms with Crippen LogP contribution in [0.15, 0.2) is 212 Å². The first-order valence-corrected chi connectivity index (χ1v) is 20.3. The van der Waals surface area contributed by atoms with Gasteiger partial charge in [-0.2, -0.15) is 5.26 Å². The van der Waals surface area contributed by atoms with E-state index in [-0.39, 0.29) is 0 Å². The molecule has 0 amide bonds. The summed E-state index contributed by atoms with van der Waals surface area (Å²) < 4.78 is 0. The molecule has 7 nitrogen and oxygen atoms in total. The number of nitriles is 1. The highest BCUT2D eigenvalue weighted by Gasteiger charge is 2.18. The predicted octanol–water partition coefficient (Wildman–Crippen LogP) is 12.9. The molecule has 0 fully saturated rings. The van der Waals surface area contributed by atoms with E-state index < -0.39 is 0 Å². The Hall–Kier alpha value is -8.73. The van der Waals surface area contributed by atoms with Gasteiger partial charge >= 0.3 is 0 Å². The fourth-order valence-electron chi connectivity index (χ4n) is 7.52. The number of nitrogens with zero attached hydrogens (tertiary/aromatic N) is 7. The Kier molecular flexibility index (Phi) is 10.2. The van der Waals surface area contributed by atoms with Gasteiger partial charge < -0.3 is 0 Å². The number of aromatic nitrogens is 6. The number of rotatable bonds is 9. The minimum atomic E-state index is 0.552. The molecule has 0 saturated carbocycles. The lowest BCUT2D eigenvalue weighted by Crippen LogP contribution is -2.01. The quantitative estimate of drug-likeness (QED) is 0.143. The van der Waals surface area contributed by atoms with Crippen LogP contribution < -0.4 is 0 Å². The van der Waals surface area contributed by atoms with Crippen molar-refractivity contribution in [2.75, 3.05) is 0 Å². The van der Waals surface area contributed by atoms with E-state index in [1.165, 1.54) is 0 Å². The summed E-state index contributed by atoms with van der Waals surface area (Å²) in [6, 6.07) is 73.1. The summed E-state index contributed by atoms with van der Waals surface area (Å²) in [5.41, 5.74) is 11.9. The van der Waals surface area contributed by atoms with Crippen LogP contribution in [-0.2, 0) is 0 Å². The zero-order chi connectivity index (χ0) is 41.7. The summed E-state index contributed by atoms with van der Waals surface area (Å²) in [6.07, 6.45) is 0. The third kappa shape index (κ3) is 7.87. The highest BCUT2D eigenvalue weighted by Crippen LogP contribution is 2.36. The summed E-state index contributed by atoms with van der Waals surface area (Å²) in [4.78, 5) is 30.1. The van der Waals surface area contributed by atoms with Crippen LogP contribution in [0.4, 0.5) is 0 Å². The van der Waals surface area contributed by atoms with Gasteiger partial charge in [-0.1, -0.05) is 182 Å². The maximum absolute atomic E-state index is 9.55. The van der Waals surface area contributed by atoms with Crippen molar-refractivity contribution in [2.45, 2.75) is 0 Å². The van der Waals surface area contributed by atoms with Crippen molar-refractivity contribution in [3.63, 3.8) is 0 Å². The molecule has 62 heavy (non-hydrogen) atoms. The standard InChI is InChI=1S/C55H35N7/c56-36-37-16-12-23-41(32-37)43-25-14-29-47(34-43)54-60-52(40-21-8-3-9-22-40)61-55(62-54)49-31-11-10-30-48(49)45-27-13-24-42(33-45)44-26-15-28-46(35-44)53-58-50(38-17-4-1-5-18-38)57-51(59-53)39-19-6-2-7-20-39/h1-35H. The monoisotopic (exact) mass is 793 g/mol. The fraction of sp³-hybridized carbons (Fsp3) is 0. The molecular weight excluding hydrogens is 759 g/mol. The van der Waals surface area contributed by atoms with Crippen LogP contribution in [0, 0.1) is 11.3 Å². The van der Waals surface area contributed by atoms with Gasteiger partial charge in [0.25, 0.3) is 0 Å². The molecule has 0 bridgehead atoms. The maximum atomic E-state index is 9.55. The number of hydrogen-bond acceptors (Lipinski definition) is 7. The lowest BCUT2D eigenvalue weighted by atomic mass is 9.95. The van der Waals surface area contributed by atoms with Gasteiger partial charge in [-0.25, -0.2) is 29.9 Å². The van der Waals surface area contributed by atoms with Gasteiger partial charge in [-0.05, 0) is 63.7 Å². The first-order valence-electron chi connectivity index (χ1n) is 20.3. The maximum Gasteiger partial charge on any atom is 0.164 e. The molecule has 0 N–H and O–H groups in total. The zero-order valence-electron chi connectivity index (χ0n) is 33.3. The molecule has 290 valence electrons. The van der Waals surface area contributed by atoms with Crippen LogP contribution in [0.3, 0.4) is 0 Å². The number of hydrogen-bond donors (Lipinski definition) is 0. The summed E-state index contributed by atoms with van der Waals surface area (Å²) in [5, 5.41) is 9.55. The molecule has 2 heterocycles. The molecule has 0 atom stereocenters. The van der Waals surface area contributed by atoms with Gasteiger partial charge in [0, 0.05) is 33.4 Å². The molecular formula is C55H35N7. The van der Waals surface area contributed by atoms with Crippen molar-refractivity contribution in [1.29, 1.82) is 5.26 Å². The second-order valence-electron chi connectivity index (χ2n) is 14.7. The first kappa shape index (κ1) is 37.5. The molecule has 10 rings (SSSR count). The Labute approximate surface area is 359 Å². The second-order valence-corrected chi connectivity index (χ2v) is 14.7. The molecule has 0 aliphatic carbocycles. The van der Waals surface area contributed by atoms with E-state index >= 15 is 0 Å². The van der Waals surface area contributed by atoms with E-state index in [1.54, 1.807) is 0 Å². The normalized spacial score (nSPS) is 10.9. The van der Waals surface area contributed by atoms with Gasteiger partial charge in [-0.15, -0.1) is 0 Å². The van der Waals surface area contributed by atoms with Crippen molar-refractivity contribution < 1.29 is 0 Å². The van der Waals surface area contributed by atoms with Crippen LogP contribution in [-0.4, -0.2) is 29.9 Å². The molecule has 2 aromatic heterocycles. The summed E-state index contributed by atoms with van der Waals surface area (Å²) in [6.45, 7) is 0. The molecule has 0 unspecified atom stereocenters. The Balaban J connectivity index is 1.05. The minimum absolute atomic E-state index is 0.552. The third-order valence-electron chi connectivity index (χ3n) is 10.6. The largest absolute Gasteiger partial charge is 0.208 e. The van der Waals surface area contributed by atoms with E-state index in [9.17, 15) is 5.26 Å². The van der Waals surface area contributed by atoms with Crippen LogP contribution in [0.1, 0.15) is 5.56 Å². The molecule has 10 aromatic rings. The highest BCUT2D eigenvalue weighted by atomic mass is 15.0. The minimum Gasteiger partial charge on any atom is -0.208 e. The Bertz CT molecular complexity index is 3200. The number of benzene rings is 8. The van der Waals surface area contributed by atoms with E-state index in [0.29, 0.717) is 40.5 Å². The molecule has 0 aliphatic heterocycles. The van der Waals surface area contributed by atoms with Crippen molar-refractivity contribution in [3.05, 3.63) is 218 Å². The molecule has 0 saturated heterocycles. The van der Waals surface area contributed by atoms with Crippen molar-refractivity contribution >= 4 is 0 Å². The Morgan fingerprint density at radius 1 is 0.242 bits per heavy atom. The van der Waals surface area contributed by atoms with Crippen LogP contribution in [0.5, 0.6) is 0 Å². The lowest BCUT2D eigenvalue weighted by Gasteiger charge is -2.13. The van der Waals surface area contributed by atoms with E-state index in [4.69, 9.17) is 29.9 Å². The fourth-order valence-corrected chi connectivity index (χ4v) is 7.52. The smallest absolute Gasteiger partial charge is 0.164 e. The second kappa shape index (κ2) is 16.9. The first-order chi connectivity index (χ1) is 30.6. The lowest BCUT2D eigenvalue weighted by molar-refractivity contribution is 1.07. The van der Waals surface area contributed by atoms with Gasteiger partial charge in [0.1, 0.15) is 0 Å². The molecule has 0 aliphatic rings. The Morgan fingerprint density at radius 3 is 1.00 bits per heavy atom. The summed E-state index contributed by atoms with van der Waals surface area (Å²) >= 11 is 0.